The van der Waals surface area contributed by atoms with Crippen molar-refractivity contribution in [2.75, 3.05) is 5.75 Å². The van der Waals surface area contributed by atoms with Crippen LogP contribution in [0, 0.1) is 17.8 Å². The maximum absolute atomic E-state index is 11.7. The largest absolute Gasteiger partial charge is 0.481 e. The number of aromatic nitrogens is 1. The number of fused-ring (bicyclic) bond motifs is 1. The van der Waals surface area contributed by atoms with Gasteiger partial charge in [-0.1, -0.05) is 23.9 Å². The Balaban J connectivity index is 2.04. The summed E-state index contributed by atoms with van der Waals surface area (Å²) in [5.74, 6) is -8.25. The fraction of sp³-hybridized carbons (Fsp3) is 0.421. The molecule has 1 aromatic carbocycles. The third kappa shape index (κ3) is 6.99. The predicted octanol–water partition coefficient (Wildman–Crippen LogP) is 3.14. The number of thiazole rings is 1. The van der Waals surface area contributed by atoms with Gasteiger partial charge in [0.1, 0.15) is 0 Å². The molecule has 1 heterocycles. The van der Waals surface area contributed by atoms with E-state index in [-0.39, 0.29) is 25.0 Å². The van der Waals surface area contributed by atoms with Crippen molar-refractivity contribution >= 4 is 57.2 Å². The lowest BCUT2D eigenvalue weighted by Gasteiger charge is -2.20. The maximum Gasteiger partial charge on any atom is 0.307 e. The van der Waals surface area contributed by atoms with E-state index in [4.69, 9.17) is 5.11 Å². The molecular weight excluding hydrogens is 434 g/mol. The summed E-state index contributed by atoms with van der Waals surface area (Å²) in [5.41, 5.74) is 0.794. The van der Waals surface area contributed by atoms with Gasteiger partial charge in [0, 0.05) is 12.2 Å². The zero-order valence-electron chi connectivity index (χ0n) is 15.8. The molecule has 3 unspecified atom stereocenters. The number of para-hydroxylation sites is 1. The highest BCUT2D eigenvalue weighted by Crippen LogP contribution is 2.32. The van der Waals surface area contributed by atoms with E-state index < -0.39 is 48.1 Å². The standard InChI is InChI=1S/C19H21NO8S2/c21-15(22)6-5-10(16(23)24)7-11(17(25)26)8-12(18(27)28)9-29-19-20-13-3-1-2-4-14(13)30-19/h1-4,10-12H,5-9H2,(H,21,22)(H,23,24)(H,25,26)(H,27,28). The van der Waals surface area contributed by atoms with Gasteiger partial charge in [-0.15, -0.1) is 11.3 Å². The van der Waals surface area contributed by atoms with Crippen molar-refractivity contribution < 1.29 is 39.6 Å². The number of rotatable bonds is 13. The van der Waals surface area contributed by atoms with Gasteiger partial charge in [-0.05, 0) is 31.4 Å². The third-order valence-electron chi connectivity index (χ3n) is 4.57. The molecule has 3 atom stereocenters. The van der Waals surface area contributed by atoms with E-state index in [0.717, 1.165) is 10.2 Å². The summed E-state index contributed by atoms with van der Waals surface area (Å²) in [4.78, 5) is 49.8. The second kappa shape index (κ2) is 10.9. The van der Waals surface area contributed by atoms with Gasteiger partial charge in [0.25, 0.3) is 0 Å². The van der Waals surface area contributed by atoms with Crippen molar-refractivity contribution in [1.29, 1.82) is 0 Å². The Labute approximate surface area is 179 Å². The number of aliphatic carboxylic acids is 4. The van der Waals surface area contributed by atoms with Gasteiger partial charge in [0.2, 0.25) is 0 Å². The van der Waals surface area contributed by atoms with Crippen LogP contribution in [-0.4, -0.2) is 55.0 Å². The second-order valence-electron chi connectivity index (χ2n) is 6.77. The predicted molar refractivity (Wildman–Crippen MR) is 110 cm³/mol. The first-order valence-corrected chi connectivity index (χ1v) is 10.9. The van der Waals surface area contributed by atoms with Crippen molar-refractivity contribution in [2.24, 2.45) is 17.8 Å². The summed E-state index contributed by atoms with van der Waals surface area (Å²) in [7, 11) is 0. The number of hydrogen-bond donors (Lipinski definition) is 4. The summed E-state index contributed by atoms with van der Waals surface area (Å²) in [5, 5.41) is 37.0. The summed E-state index contributed by atoms with van der Waals surface area (Å²) < 4.78 is 1.62. The minimum atomic E-state index is -1.30. The number of nitrogens with zero attached hydrogens (tertiary/aromatic N) is 1. The molecule has 2 aromatic rings. The van der Waals surface area contributed by atoms with Crippen LogP contribution < -0.4 is 0 Å². The first-order chi connectivity index (χ1) is 14.2. The molecule has 0 aliphatic carbocycles. The molecule has 0 spiro atoms. The quantitative estimate of drug-likeness (QED) is 0.330. The Morgan fingerprint density at radius 2 is 1.50 bits per heavy atom. The molecule has 4 N–H and O–H groups in total. The summed E-state index contributed by atoms with van der Waals surface area (Å²) in [6.45, 7) is 0. The molecule has 162 valence electrons. The van der Waals surface area contributed by atoms with Crippen molar-refractivity contribution in [3.8, 4) is 0 Å². The van der Waals surface area contributed by atoms with Crippen molar-refractivity contribution in [3.63, 3.8) is 0 Å². The van der Waals surface area contributed by atoms with Gasteiger partial charge >= 0.3 is 23.9 Å². The average Bonchev–Trinajstić information content (AvgIpc) is 3.08. The molecule has 0 bridgehead atoms. The Morgan fingerprint density at radius 1 is 0.900 bits per heavy atom. The van der Waals surface area contributed by atoms with E-state index in [0.29, 0.717) is 4.34 Å². The molecular formula is C19H21NO8S2. The van der Waals surface area contributed by atoms with Crippen LogP contribution in [0.15, 0.2) is 28.6 Å². The van der Waals surface area contributed by atoms with Gasteiger partial charge in [0.05, 0.1) is 28.0 Å². The Kier molecular flexibility index (Phi) is 8.60. The number of thioether (sulfide) groups is 1. The fourth-order valence-corrected chi connectivity index (χ4v) is 5.14. The van der Waals surface area contributed by atoms with Crippen LogP contribution in [0.25, 0.3) is 10.2 Å². The highest BCUT2D eigenvalue weighted by molar-refractivity contribution is 8.01. The molecule has 0 saturated heterocycles. The fourth-order valence-electron chi connectivity index (χ4n) is 2.95. The molecule has 0 fully saturated rings. The molecule has 30 heavy (non-hydrogen) atoms. The van der Waals surface area contributed by atoms with Gasteiger partial charge in [-0.3, -0.25) is 19.2 Å². The van der Waals surface area contributed by atoms with Crippen LogP contribution in [0.5, 0.6) is 0 Å². The highest BCUT2D eigenvalue weighted by atomic mass is 32.2. The first kappa shape index (κ1) is 23.6. The minimum Gasteiger partial charge on any atom is -0.481 e. The van der Waals surface area contributed by atoms with Gasteiger partial charge in [-0.2, -0.15) is 0 Å². The van der Waals surface area contributed by atoms with Gasteiger partial charge < -0.3 is 20.4 Å². The zero-order valence-corrected chi connectivity index (χ0v) is 17.4. The molecule has 0 radical (unpaired) electrons. The van der Waals surface area contributed by atoms with Crippen LogP contribution in [0.3, 0.4) is 0 Å². The third-order valence-corrected chi connectivity index (χ3v) is 6.92. The number of benzene rings is 1. The van der Waals surface area contributed by atoms with Crippen LogP contribution in [0.4, 0.5) is 0 Å². The molecule has 1 aromatic heterocycles. The van der Waals surface area contributed by atoms with Crippen LogP contribution in [0.2, 0.25) is 0 Å². The lowest BCUT2D eigenvalue weighted by Crippen LogP contribution is -2.28. The Bertz CT molecular complexity index is 895. The summed E-state index contributed by atoms with van der Waals surface area (Å²) >= 11 is 2.62. The lowest BCUT2D eigenvalue weighted by atomic mass is 9.85. The lowest BCUT2D eigenvalue weighted by molar-refractivity contribution is -0.147. The summed E-state index contributed by atoms with van der Waals surface area (Å²) in [6.07, 6.45) is -1.20. The Hall–Kier alpha value is -2.66. The van der Waals surface area contributed by atoms with E-state index >= 15 is 0 Å². The smallest absolute Gasteiger partial charge is 0.307 e. The molecule has 9 nitrogen and oxygen atoms in total. The van der Waals surface area contributed by atoms with Crippen molar-refractivity contribution in [3.05, 3.63) is 24.3 Å². The van der Waals surface area contributed by atoms with Crippen LogP contribution in [0.1, 0.15) is 25.7 Å². The molecule has 2 rings (SSSR count). The normalized spacial score (nSPS) is 14.1. The van der Waals surface area contributed by atoms with Crippen molar-refractivity contribution in [1.82, 2.24) is 4.98 Å². The molecule has 0 aliphatic heterocycles. The number of carboxylic acids is 4. The van der Waals surface area contributed by atoms with E-state index in [9.17, 15) is 34.5 Å². The monoisotopic (exact) mass is 455 g/mol. The van der Waals surface area contributed by atoms with E-state index in [1.807, 2.05) is 24.3 Å². The van der Waals surface area contributed by atoms with E-state index in [2.05, 4.69) is 4.98 Å². The van der Waals surface area contributed by atoms with Crippen molar-refractivity contribution in [2.45, 2.75) is 30.0 Å². The molecule has 0 amide bonds. The number of carbonyl (C=O) groups is 4. The number of carboxylic acid groups (broad SMARTS) is 4. The topological polar surface area (TPSA) is 162 Å². The zero-order chi connectivity index (χ0) is 22.3. The number of hydrogen-bond acceptors (Lipinski definition) is 7. The summed E-state index contributed by atoms with van der Waals surface area (Å²) in [6, 6.07) is 7.45. The molecule has 0 saturated carbocycles. The van der Waals surface area contributed by atoms with Crippen LogP contribution in [-0.2, 0) is 19.2 Å². The first-order valence-electron chi connectivity index (χ1n) is 9.06. The molecule has 0 aliphatic rings. The maximum atomic E-state index is 11.7. The molecule has 11 heteroatoms. The average molecular weight is 456 g/mol. The van der Waals surface area contributed by atoms with Crippen LogP contribution >= 0.6 is 23.1 Å². The Morgan fingerprint density at radius 3 is 2.07 bits per heavy atom. The minimum absolute atomic E-state index is 0.0891. The van der Waals surface area contributed by atoms with Gasteiger partial charge in [-0.25, -0.2) is 4.98 Å². The van der Waals surface area contributed by atoms with E-state index in [1.54, 1.807) is 0 Å². The SMILES string of the molecule is O=C(O)CCC(CC(CC(CSc1nc2ccccc2s1)C(=O)O)C(=O)O)C(=O)O. The van der Waals surface area contributed by atoms with E-state index in [1.165, 1.54) is 23.1 Å². The highest BCUT2D eigenvalue weighted by Gasteiger charge is 2.32. The van der Waals surface area contributed by atoms with Gasteiger partial charge in [0.15, 0.2) is 4.34 Å². The second-order valence-corrected chi connectivity index (χ2v) is 9.07.